The fourth-order valence-electron chi connectivity index (χ4n) is 1.34. The zero-order valence-electron chi connectivity index (χ0n) is 8.20. The van der Waals surface area contributed by atoms with Gasteiger partial charge in [0.15, 0.2) is 11.6 Å². The predicted octanol–water partition coefficient (Wildman–Crippen LogP) is 3.55. The maximum atomic E-state index is 13.5. The van der Waals surface area contributed by atoms with Crippen LogP contribution in [-0.2, 0) is 0 Å². The van der Waals surface area contributed by atoms with Gasteiger partial charge in [-0.25, -0.2) is 8.78 Å². The predicted molar refractivity (Wildman–Crippen MR) is 64.8 cm³/mol. The van der Waals surface area contributed by atoms with Crippen molar-refractivity contribution in [2.24, 2.45) is 0 Å². The van der Waals surface area contributed by atoms with Gasteiger partial charge < -0.3 is 0 Å². The molecule has 2 aromatic rings. The van der Waals surface area contributed by atoms with E-state index in [0.29, 0.717) is 0 Å². The molecule has 1 atom stereocenters. The van der Waals surface area contributed by atoms with Crippen LogP contribution in [0.25, 0.3) is 0 Å². The topological polar surface area (TPSA) is 0 Å². The van der Waals surface area contributed by atoms with Gasteiger partial charge >= 0.3 is 0 Å². The number of hydrogen-bond acceptors (Lipinski definition) is 0. The fraction of sp³-hybridized carbons (Fsp3) is 0. The van der Waals surface area contributed by atoms with E-state index in [4.69, 9.17) is 11.2 Å². The highest BCUT2D eigenvalue weighted by Crippen LogP contribution is 2.39. The van der Waals surface area contributed by atoms with Gasteiger partial charge in [-0.15, -0.1) is 0 Å². The SMILES string of the molecule is Fc1cccc(P(Cl)c2ccccc2)c1F. The molecule has 82 valence electrons. The Morgan fingerprint density at radius 3 is 2.25 bits per heavy atom. The zero-order valence-corrected chi connectivity index (χ0v) is 9.85. The second-order valence-corrected chi connectivity index (χ2v) is 5.76. The maximum Gasteiger partial charge on any atom is 0.167 e. The molecule has 0 aliphatic heterocycles. The molecule has 0 nitrogen and oxygen atoms in total. The van der Waals surface area contributed by atoms with E-state index in [9.17, 15) is 8.78 Å². The van der Waals surface area contributed by atoms with Gasteiger partial charge in [0.25, 0.3) is 0 Å². The molecule has 0 radical (unpaired) electrons. The molecule has 0 saturated carbocycles. The first-order chi connectivity index (χ1) is 7.70. The molecule has 0 N–H and O–H groups in total. The van der Waals surface area contributed by atoms with Crippen LogP contribution in [-0.4, -0.2) is 0 Å². The fourth-order valence-corrected chi connectivity index (χ4v) is 3.28. The first-order valence-electron chi connectivity index (χ1n) is 4.65. The second-order valence-electron chi connectivity index (χ2n) is 3.19. The molecule has 0 aliphatic carbocycles. The number of benzene rings is 2. The summed E-state index contributed by atoms with van der Waals surface area (Å²) < 4.78 is 26.5. The average Bonchev–Trinajstić information content (AvgIpc) is 2.33. The van der Waals surface area contributed by atoms with Gasteiger partial charge in [0.2, 0.25) is 0 Å². The molecule has 0 saturated heterocycles. The van der Waals surface area contributed by atoms with Crippen LogP contribution in [0.4, 0.5) is 8.78 Å². The Morgan fingerprint density at radius 2 is 1.56 bits per heavy atom. The summed E-state index contributed by atoms with van der Waals surface area (Å²) in [6.07, 6.45) is 0. The van der Waals surface area contributed by atoms with Crippen molar-refractivity contribution in [3.8, 4) is 0 Å². The smallest absolute Gasteiger partial charge is 0.167 e. The Hall–Kier alpha value is -0.980. The molecular formula is C12H8ClF2P. The van der Waals surface area contributed by atoms with Gasteiger partial charge in [0.05, 0.1) is 7.27 Å². The highest BCUT2D eigenvalue weighted by Gasteiger charge is 2.17. The molecule has 1 unspecified atom stereocenters. The summed E-state index contributed by atoms with van der Waals surface area (Å²) >= 11 is 6.17. The Labute approximate surface area is 98.4 Å². The van der Waals surface area contributed by atoms with E-state index in [1.165, 1.54) is 12.1 Å². The quantitative estimate of drug-likeness (QED) is 0.721. The summed E-state index contributed by atoms with van der Waals surface area (Å²) in [6, 6.07) is 13.2. The lowest BCUT2D eigenvalue weighted by Crippen LogP contribution is -2.13. The van der Waals surface area contributed by atoms with Crippen LogP contribution in [0, 0.1) is 11.6 Å². The Kier molecular flexibility index (Phi) is 3.52. The van der Waals surface area contributed by atoms with Crippen molar-refractivity contribution < 1.29 is 8.78 Å². The molecule has 4 heteroatoms. The van der Waals surface area contributed by atoms with Gasteiger partial charge in [0.1, 0.15) is 0 Å². The minimum Gasteiger partial charge on any atom is -0.204 e. The van der Waals surface area contributed by atoms with Crippen molar-refractivity contribution in [1.82, 2.24) is 0 Å². The van der Waals surface area contributed by atoms with Crippen LogP contribution in [0.15, 0.2) is 48.5 Å². The summed E-state index contributed by atoms with van der Waals surface area (Å²) in [5, 5.41) is 1.03. The molecule has 0 fully saturated rings. The third kappa shape index (κ3) is 2.23. The summed E-state index contributed by atoms with van der Waals surface area (Å²) in [6.45, 7) is 0. The van der Waals surface area contributed by atoms with Crippen LogP contribution in [0.3, 0.4) is 0 Å². The van der Waals surface area contributed by atoms with Crippen LogP contribution in [0.2, 0.25) is 0 Å². The van der Waals surface area contributed by atoms with Crippen LogP contribution in [0.1, 0.15) is 0 Å². The number of halogens is 3. The van der Waals surface area contributed by atoms with Crippen molar-refractivity contribution in [3.63, 3.8) is 0 Å². The zero-order chi connectivity index (χ0) is 11.5. The molecule has 2 rings (SSSR count). The third-order valence-corrected chi connectivity index (χ3v) is 4.78. The maximum absolute atomic E-state index is 13.5. The molecule has 0 amide bonds. The van der Waals surface area contributed by atoms with E-state index >= 15 is 0 Å². The number of hydrogen-bond donors (Lipinski definition) is 0. The Morgan fingerprint density at radius 1 is 0.875 bits per heavy atom. The van der Waals surface area contributed by atoms with E-state index < -0.39 is 18.9 Å². The average molecular weight is 257 g/mol. The van der Waals surface area contributed by atoms with E-state index in [2.05, 4.69) is 0 Å². The summed E-state index contributed by atoms with van der Waals surface area (Å²) in [5.74, 6) is -1.71. The first-order valence-corrected chi connectivity index (χ1v) is 6.90. The highest BCUT2D eigenvalue weighted by atomic mass is 35.7. The lowest BCUT2D eigenvalue weighted by molar-refractivity contribution is 0.514. The summed E-state index contributed by atoms with van der Waals surface area (Å²) in [4.78, 5) is 0. The van der Waals surface area contributed by atoms with Crippen molar-refractivity contribution in [3.05, 3.63) is 60.2 Å². The molecule has 0 heterocycles. The van der Waals surface area contributed by atoms with E-state index in [1.54, 1.807) is 0 Å². The van der Waals surface area contributed by atoms with Gasteiger partial charge in [0, 0.05) is 5.30 Å². The van der Waals surface area contributed by atoms with Gasteiger partial charge in [-0.2, -0.15) is 0 Å². The summed E-state index contributed by atoms with van der Waals surface area (Å²) in [5.41, 5.74) is 0. The first kappa shape index (κ1) is 11.5. The highest BCUT2D eigenvalue weighted by molar-refractivity contribution is 7.95. The normalized spacial score (nSPS) is 12.4. The van der Waals surface area contributed by atoms with E-state index in [0.717, 1.165) is 11.4 Å². The molecule has 0 bridgehead atoms. The standard InChI is InChI=1S/C12H8ClF2P/c13-16(9-5-2-1-3-6-9)11-8-4-7-10(14)12(11)15/h1-8H. The molecule has 16 heavy (non-hydrogen) atoms. The minimum absolute atomic E-state index is 0.225. The van der Waals surface area contributed by atoms with Crippen molar-refractivity contribution in [1.29, 1.82) is 0 Å². The van der Waals surface area contributed by atoms with Crippen LogP contribution < -0.4 is 10.6 Å². The van der Waals surface area contributed by atoms with E-state index in [1.807, 2.05) is 30.3 Å². The Balaban J connectivity index is 2.42. The molecule has 2 aromatic carbocycles. The second kappa shape index (κ2) is 4.90. The van der Waals surface area contributed by atoms with Gasteiger partial charge in [-0.05, 0) is 17.4 Å². The minimum atomic E-state index is -1.35. The lowest BCUT2D eigenvalue weighted by atomic mass is 10.3. The van der Waals surface area contributed by atoms with Crippen LogP contribution >= 0.6 is 18.5 Å². The largest absolute Gasteiger partial charge is 0.204 e. The third-order valence-electron chi connectivity index (χ3n) is 2.13. The van der Waals surface area contributed by atoms with Gasteiger partial charge in [-0.1, -0.05) is 47.6 Å². The van der Waals surface area contributed by atoms with Crippen molar-refractivity contribution in [2.45, 2.75) is 0 Å². The molecular weight excluding hydrogens is 249 g/mol. The Bertz CT molecular complexity index is 488. The monoisotopic (exact) mass is 256 g/mol. The molecule has 0 spiro atoms. The van der Waals surface area contributed by atoms with Crippen LogP contribution in [0.5, 0.6) is 0 Å². The lowest BCUT2D eigenvalue weighted by Gasteiger charge is -2.11. The van der Waals surface area contributed by atoms with Crippen molar-refractivity contribution >= 4 is 29.1 Å². The number of rotatable bonds is 2. The molecule has 0 aromatic heterocycles. The van der Waals surface area contributed by atoms with E-state index in [-0.39, 0.29) is 5.30 Å². The van der Waals surface area contributed by atoms with Gasteiger partial charge in [-0.3, -0.25) is 0 Å². The van der Waals surface area contributed by atoms with Crippen molar-refractivity contribution in [2.75, 3.05) is 0 Å². The molecule has 0 aliphatic rings. The summed E-state index contributed by atoms with van der Waals surface area (Å²) in [7, 11) is -1.35.